The Bertz CT molecular complexity index is 529. The lowest BCUT2D eigenvalue weighted by molar-refractivity contribution is 0.124. The third-order valence-corrected chi connectivity index (χ3v) is 4.06. The summed E-state index contributed by atoms with van der Waals surface area (Å²) in [6.07, 6.45) is 3.99. The summed E-state index contributed by atoms with van der Waals surface area (Å²) in [6.45, 7) is 12.3. The highest BCUT2D eigenvalue weighted by molar-refractivity contribution is 4.87. The van der Waals surface area contributed by atoms with Gasteiger partial charge >= 0.3 is 0 Å². The quantitative estimate of drug-likeness (QED) is 0.736. The molecular weight excluding hydrogens is 280 g/mol. The van der Waals surface area contributed by atoms with E-state index in [1.54, 1.807) is 0 Å². The molecule has 0 atom stereocenters. The van der Waals surface area contributed by atoms with Crippen LogP contribution < -0.4 is 0 Å². The maximum Gasteiger partial charge on any atom is 0.0796 e. The van der Waals surface area contributed by atoms with Crippen LogP contribution in [0, 0.1) is 13.8 Å². The Hall–Kier alpha value is -1.80. The Labute approximate surface area is 130 Å². The van der Waals surface area contributed by atoms with Crippen molar-refractivity contribution in [1.82, 2.24) is 39.8 Å². The Morgan fingerprint density at radius 2 is 1.14 bits per heavy atom. The molecule has 0 N–H and O–H groups in total. The second-order valence-electron chi connectivity index (χ2n) is 5.93. The van der Waals surface area contributed by atoms with Gasteiger partial charge in [-0.3, -0.25) is 19.2 Å². The van der Waals surface area contributed by atoms with Crippen LogP contribution in [0.15, 0.2) is 12.4 Å². The fraction of sp³-hybridized carbons (Fsp3) is 0.714. The first-order valence-corrected chi connectivity index (χ1v) is 7.87. The van der Waals surface area contributed by atoms with E-state index < -0.39 is 0 Å². The van der Waals surface area contributed by atoms with Crippen LogP contribution in [0.1, 0.15) is 11.4 Å². The lowest BCUT2D eigenvalue weighted by Crippen LogP contribution is -2.47. The van der Waals surface area contributed by atoms with Crippen LogP contribution >= 0.6 is 0 Å². The normalized spacial score (nSPS) is 17.2. The summed E-state index contributed by atoms with van der Waals surface area (Å²) < 4.78 is 3.85. The highest BCUT2D eigenvalue weighted by atomic mass is 15.4. The largest absolute Gasteiger partial charge is 0.299 e. The molecule has 8 nitrogen and oxygen atoms in total. The number of hydrogen-bond acceptors (Lipinski definition) is 6. The van der Waals surface area contributed by atoms with Crippen molar-refractivity contribution in [2.75, 3.05) is 39.3 Å². The number of nitrogens with zero attached hydrogens (tertiary/aromatic N) is 8. The molecule has 1 fully saturated rings. The standard InChI is InChI=1S/C14H24N8/c1-13-11-21(17-15-13)9-7-19-3-5-20(6-4-19)8-10-22-12-14(2)16-18-22/h11-12H,3-10H2,1-2H3. The smallest absolute Gasteiger partial charge is 0.0796 e. The third kappa shape index (κ3) is 4.11. The molecule has 0 radical (unpaired) electrons. The molecule has 22 heavy (non-hydrogen) atoms. The number of rotatable bonds is 6. The van der Waals surface area contributed by atoms with Crippen LogP contribution in [0.3, 0.4) is 0 Å². The molecule has 0 unspecified atom stereocenters. The molecule has 1 aliphatic heterocycles. The summed E-state index contributed by atoms with van der Waals surface area (Å²) in [6, 6.07) is 0. The molecule has 0 bridgehead atoms. The van der Waals surface area contributed by atoms with E-state index in [0.717, 1.165) is 63.7 Å². The van der Waals surface area contributed by atoms with Crippen LogP contribution in [-0.4, -0.2) is 79.1 Å². The van der Waals surface area contributed by atoms with E-state index in [1.165, 1.54) is 0 Å². The zero-order valence-electron chi connectivity index (χ0n) is 13.4. The summed E-state index contributed by atoms with van der Waals surface area (Å²) in [5.41, 5.74) is 1.96. The van der Waals surface area contributed by atoms with Gasteiger partial charge in [-0.15, -0.1) is 10.2 Å². The average molecular weight is 304 g/mol. The Morgan fingerprint density at radius 1 is 0.727 bits per heavy atom. The Balaban J connectivity index is 1.35. The molecule has 0 aliphatic carbocycles. The van der Waals surface area contributed by atoms with Crippen LogP contribution in [0.25, 0.3) is 0 Å². The van der Waals surface area contributed by atoms with Crippen molar-refractivity contribution in [2.45, 2.75) is 26.9 Å². The molecule has 1 saturated heterocycles. The minimum atomic E-state index is 0.916. The lowest BCUT2D eigenvalue weighted by Gasteiger charge is -2.34. The van der Waals surface area contributed by atoms with E-state index in [1.807, 2.05) is 35.6 Å². The van der Waals surface area contributed by atoms with E-state index in [2.05, 4.69) is 30.4 Å². The molecule has 0 amide bonds. The number of piperazine rings is 1. The maximum absolute atomic E-state index is 4.09. The number of hydrogen-bond donors (Lipinski definition) is 0. The van der Waals surface area contributed by atoms with Crippen molar-refractivity contribution in [1.29, 1.82) is 0 Å². The summed E-state index contributed by atoms with van der Waals surface area (Å²) in [4.78, 5) is 4.99. The monoisotopic (exact) mass is 304 g/mol. The molecule has 0 spiro atoms. The van der Waals surface area contributed by atoms with E-state index in [9.17, 15) is 0 Å². The van der Waals surface area contributed by atoms with Crippen molar-refractivity contribution in [3.8, 4) is 0 Å². The first-order valence-electron chi connectivity index (χ1n) is 7.87. The van der Waals surface area contributed by atoms with Gasteiger partial charge in [0, 0.05) is 51.7 Å². The number of aromatic nitrogens is 6. The first-order chi connectivity index (χ1) is 10.7. The average Bonchev–Trinajstić information content (AvgIpc) is 3.12. The molecule has 2 aromatic heterocycles. The summed E-state index contributed by atoms with van der Waals surface area (Å²) in [7, 11) is 0. The molecule has 0 aromatic carbocycles. The SMILES string of the molecule is Cc1cn(CCN2CCN(CCn3cc(C)nn3)CC2)nn1. The van der Waals surface area contributed by atoms with Crippen LogP contribution in [0.5, 0.6) is 0 Å². The van der Waals surface area contributed by atoms with Crippen molar-refractivity contribution >= 4 is 0 Å². The summed E-state index contributed by atoms with van der Waals surface area (Å²) in [5, 5.41) is 16.2. The second-order valence-corrected chi connectivity index (χ2v) is 5.93. The van der Waals surface area contributed by atoms with Crippen LogP contribution in [0.2, 0.25) is 0 Å². The molecule has 2 aromatic rings. The Morgan fingerprint density at radius 3 is 1.45 bits per heavy atom. The zero-order chi connectivity index (χ0) is 15.4. The van der Waals surface area contributed by atoms with Gasteiger partial charge in [-0.25, -0.2) is 0 Å². The topological polar surface area (TPSA) is 67.9 Å². The van der Waals surface area contributed by atoms with Crippen molar-refractivity contribution < 1.29 is 0 Å². The first kappa shape index (κ1) is 15.1. The zero-order valence-corrected chi connectivity index (χ0v) is 13.4. The maximum atomic E-state index is 4.09. The van der Waals surface area contributed by atoms with Gasteiger partial charge < -0.3 is 0 Å². The molecule has 1 aliphatic rings. The van der Waals surface area contributed by atoms with E-state index >= 15 is 0 Å². The minimum Gasteiger partial charge on any atom is -0.299 e. The summed E-state index contributed by atoms with van der Waals surface area (Å²) in [5.74, 6) is 0. The van der Waals surface area contributed by atoms with Gasteiger partial charge in [0.25, 0.3) is 0 Å². The van der Waals surface area contributed by atoms with E-state index in [4.69, 9.17) is 0 Å². The highest BCUT2D eigenvalue weighted by Gasteiger charge is 2.16. The molecule has 3 heterocycles. The van der Waals surface area contributed by atoms with Gasteiger partial charge in [0.15, 0.2) is 0 Å². The molecule has 8 heteroatoms. The van der Waals surface area contributed by atoms with E-state index in [-0.39, 0.29) is 0 Å². The van der Waals surface area contributed by atoms with Gasteiger partial charge in [-0.1, -0.05) is 10.4 Å². The van der Waals surface area contributed by atoms with Gasteiger partial charge in [-0.2, -0.15) is 0 Å². The predicted octanol–water partition coefficient (Wildman–Crippen LogP) is -0.196. The second kappa shape index (κ2) is 6.97. The van der Waals surface area contributed by atoms with Gasteiger partial charge in [0.1, 0.15) is 0 Å². The van der Waals surface area contributed by atoms with Gasteiger partial charge in [0.2, 0.25) is 0 Å². The van der Waals surface area contributed by atoms with Crippen molar-refractivity contribution in [3.63, 3.8) is 0 Å². The predicted molar refractivity (Wildman–Crippen MR) is 82.4 cm³/mol. The molecular formula is C14H24N8. The molecule has 120 valence electrons. The van der Waals surface area contributed by atoms with Gasteiger partial charge in [-0.05, 0) is 13.8 Å². The fourth-order valence-electron chi connectivity index (χ4n) is 2.73. The summed E-state index contributed by atoms with van der Waals surface area (Å²) >= 11 is 0. The fourth-order valence-corrected chi connectivity index (χ4v) is 2.73. The molecule has 0 saturated carbocycles. The molecule has 3 rings (SSSR count). The highest BCUT2D eigenvalue weighted by Crippen LogP contribution is 2.03. The van der Waals surface area contributed by atoms with Crippen LogP contribution in [0.4, 0.5) is 0 Å². The lowest BCUT2D eigenvalue weighted by atomic mass is 10.3. The van der Waals surface area contributed by atoms with Crippen molar-refractivity contribution in [3.05, 3.63) is 23.8 Å². The van der Waals surface area contributed by atoms with E-state index in [0.29, 0.717) is 0 Å². The van der Waals surface area contributed by atoms with Crippen molar-refractivity contribution in [2.24, 2.45) is 0 Å². The van der Waals surface area contributed by atoms with Gasteiger partial charge in [0.05, 0.1) is 24.5 Å². The van der Waals surface area contributed by atoms with Crippen LogP contribution in [-0.2, 0) is 13.1 Å². The third-order valence-electron chi connectivity index (χ3n) is 4.06. The minimum absolute atomic E-state index is 0.916. The Kier molecular flexibility index (Phi) is 4.79. The number of aryl methyl sites for hydroxylation is 2.